The molecule has 9 heteroatoms. The van der Waals surface area contributed by atoms with Crippen molar-refractivity contribution in [2.24, 2.45) is 0 Å². The van der Waals surface area contributed by atoms with Crippen LogP contribution in [-0.4, -0.2) is 34.3 Å². The van der Waals surface area contributed by atoms with E-state index in [0.717, 1.165) is 22.2 Å². The van der Waals surface area contributed by atoms with Crippen LogP contribution in [0.4, 0.5) is 10.5 Å². The summed E-state index contributed by atoms with van der Waals surface area (Å²) >= 11 is 6.76. The zero-order valence-corrected chi connectivity index (χ0v) is 18.9. The van der Waals surface area contributed by atoms with Crippen molar-refractivity contribution in [3.05, 3.63) is 81.9 Å². The summed E-state index contributed by atoms with van der Waals surface area (Å²) in [6.07, 6.45) is 1.46. The van der Waals surface area contributed by atoms with Gasteiger partial charge in [0.2, 0.25) is 5.91 Å². The quantitative estimate of drug-likeness (QED) is 0.371. The Morgan fingerprint density at radius 1 is 1.06 bits per heavy atom. The molecule has 1 aromatic heterocycles. The van der Waals surface area contributed by atoms with Gasteiger partial charge in [-0.05, 0) is 43.0 Å². The fourth-order valence-corrected chi connectivity index (χ4v) is 4.12. The van der Waals surface area contributed by atoms with Gasteiger partial charge in [-0.3, -0.25) is 24.1 Å². The summed E-state index contributed by atoms with van der Waals surface area (Å²) in [7, 11) is 0. The fourth-order valence-electron chi connectivity index (χ4n) is 3.12. The van der Waals surface area contributed by atoms with Crippen LogP contribution in [0.5, 0.6) is 0 Å². The second kappa shape index (κ2) is 9.48. The van der Waals surface area contributed by atoms with E-state index in [0.29, 0.717) is 27.8 Å². The molecule has 1 saturated heterocycles. The van der Waals surface area contributed by atoms with Crippen LogP contribution in [-0.2, 0) is 9.59 Å². The Labute approximate surface area is 198 Å². The number of halogens is 1. The molecule has 7 nitrogen and oxygen atoms in total. The van der Waals surface area contributed by atoms with Crippen molar-refractivity contribution < 1.29 is 23.6 Å². The minimum atomic E-state index is -0.580. The number of carbonyl (C=O) groups is 4. The number of carbonyl (C=O) groups excluding carboxylic acids is 4. The number of anilines is 1. The van der Waals surface area contributed by atoms with Crippen LogP contribution in [0.25, 0.3) is 17.4 Å². The van der Waals surface area contributed by atoms with Crippen molar-refractivity contribution >= 4 is 58.0 Å². The molecule has 3 amide bonds. The van der Waals surface area contributed by atoms with Gasteiger partial charge in [-0.1, -0.05) is 48.0 Å². The van der Waals surface area contributed by atoms with Gasteiger partial charge in [0.15, 0.2) is 5.78 Å². The van der Waals surface area contributed by atoms with Gasteiger partial charge in [-0.15, -0.1) is 0 Å². The smallest absolute Gasteiger partial charge is 0.294 e. The number of hydrogen-bond acceptors (Lipinski definition) is 6. The highest BCUT2D eigenvalue weighted by molar-refractivity contribution is 8.18. The van der Waals surface area contributed by atoms with Crippen LogP contribution in [0.3, 0.4) is 0 Å². The Kier molecular flexibility index (Phi) is 6.48. The first-order chi connectivity index (χ1) is 15.8. The van der Waals surface area contributed by atoms with Crippen LogP contribution in [0, 0.1) is 0 Å². The number of furan rings is 1. The van der Waals surface area contributed by atoms with E-state index in [9.17, 15) is 19.2 Å². The van der Waals surface area contributed by atoms with E-state index < -0.39 is 23.6 Å². The zero-order chi connectivity index (χ0) is 23.5. The number of imide groups is 1. The molecule has 0 spiro atoms. The number of para-hydroxylation sites is 1. The molecule has 0 unspecified atom stereocenters. The number of nitrogens with one attached hydrogen (secondary N) is 1. The van der Waals surface area contributed by atoms with Crippen molar-refractivity contribution in [3.63, 3.8) is 0 Å². The van der Waals surface area contributed by atoms with Crippen molar-refractivity contribution in [3.8, 4) is 11.3 Å². The molecule has 2 heterocycles. The van der Waals surface area contributed by atoms with Gasteiger partial charge in [0.05, 0.1) is 15.6 Å². The van der Waals surface area contributed by atoms with Crippen LogP contribution in [0.15, 0.2) is 70.0 Å². The first kappa shape index (κ1) is 22.6. The largest absolute Gasteiger partial charge is 0.457 e. The number of benzene rings is 2. The average Bonchev–Trinajstić information content (AvgIpc) is 3.36. The number of ketones is 1. The van der Waals surface area contributed by atoms with E-state index in [4.69, 9.17) is 16.0 Å². The summed E-state index contributed by atoms with van der Waals surface area (Å²) in [5.74, 6) is -0.219. The number of amides is 3. The predicted molar refractivity (Wildman–Crippen MR) is 127 cm³/mol. The van der Waals surface area contributed by atoms with E-state index >= 15 is 0 Å². The van der Waals surface area contributed by atoms with E-state index in [2.05, 4.69) is 5.32 Å². The van der Waals surface area contributed by atoms with E-state index in [1.54, 1.807) is 60.7 Å². The monoisotopic (exact) mass is 480 g/mol. The van der Waals surface area contributed by atoms with Gasteiger partial charge < -0.3 is 9.73 Å². The zero-order valence-electron chi connectivity index (χ0n) is 17.3. The Morgan fingerprint density at radius 3 is 2.48 bits per heavy atom. The molecule has 33 heavy (non-hydrogen) atoms. The van der Waals surface area contributed by atoms with Gasteiger partial charge in [0, 0.05) is 17.2 Å². The highest BCUT2D eigenvalue weighted by Crippen LogP contribution is 2.33. The molecule has 1 aliphatic heterocycles. The van der Waals surface area contributed by atoms with Gasteiger partial charge in [0.1, 0.15) is 18.1 Å². The number of nitrogens with zero attached hydrogens (tertiary/aromatic N) is 1. The van der Waals surface area contributed by atoms with Gasteiger partial charge in [-0.25, -0.2) is 0 Å². The Balaban J connectivity index is 1.45. The lowest BCUT2D eigenvalue weighted by Gasteiger charge is -2.13. The van der Waals surface area contributed by atoms with Gasteiger partial charge in [0.25, 0.3) is 11.1 Å². The number of Topliss-reactive ketones (excluding diaryl/α,β-unsaturated/α-hetero) is 1. The predicted octanol–water partition coefficient (Wildman–Crippen LogP) is 5.48. The van der Waals surface area contributed by atoms with Crippen molar-refractivity contribution in [1.29, 1.82) is 0 Å². The molecule has 1 N–H and O–H groups in total. The molecular formula is C24H17ClN2O5S. The fraction of sp³-hybridized carbons (Fsp3) is 0.0833. The molecule has 0 radical (unpaired) electrons. The summed E-state index contributed by atoms with van der Waals surface area (Å²) < 4.78 is 5.77. The third-order valence-electron chi connectivity index (χ3n) is 4.80. The molecule has 0 aliphatic carbocycles. The lowest BCUT2D eigenvalue weighted by atomic mass is 10.1. The minimum absolute atomic E-state index is 0.0297. The first-order valence-corrected chi connectivity index (χ1v) is 11.0. The van der Waals surface area contributed by atoms with Crippen molar-refractivity contribution in [1.82, 2.24) is 4.90 Å². The molecule has 0 atom stereocenters. The first-order valence-electron chi connectivity index (χ1n) is 9.83. The summed E-state index contributed by atoms with van der Waals surface area (Å²) in [6.45, 7) is 1.06. The normalized spacial score (nSPS) is 14.7. The Bertz CT molecular complexity index is 1300. The molecule has 1 fully saturated rings. The molecule has 1 aliphatic rings. The molecule has 0 bridgehead atoms. The third-order valence-corrected chi connectivity index (χ3v) is 6.04. The van der Waals surface area contributed by atoms with Crippen molar-refractivity contribution in [2.75, 3.05) is 11.9 Å². The van der Waals surface area contributed by atoms with E-state index in [-0.39, 0.29) is 10.7 Å². The average molecular weight is 481 g/mol. The van der Waals surface area contributed by atoms with E-state index in [1.165, 1.54) is 13.0 Å². The van der Waals surface area contributed by atoms with Crippen LogP contribution >= 0.6 is 23.4 Å². The highest BCUT2D eigenvalue weighted by atomic mass is 35.5. The maximum absolute atomic E-state index is 12.7. The maximum Gasteiger partial charge on any atom is 0.294 e. The lowest BCUT2D eigenvalue weighted by molar-refractivity contribution is -0.127. The summed E-state index contributed by atoms with van der Waals surface area (Å²) in [5.41, 5.74) is 1.76. The Morgan fingerprint density at radius 2 is 1.79 bits per heavy atom. The topological polar surface area (TPSA) is 96.7 Å². The van der Waals surface area contributed by atoms with Gasteiger partial charge in [-0.2, -0.15) is 0 Å². The number of hydrogen-bond donors (Lipinski definition) is 1. The second-order valence-electron chi connectivity index (χ2n) is 7.13. The number of thioether (sulfide) groups is 1. The Hall–Kier alpha value is -3.62. The third kappa shape index (κ3) is 5.08. The second-order valence-corrected chi connectivity index (χ2v) is 8.53. The molecular weight excluding hydrogens is 464 g/mol. The summed E-state index contributed by atoms with van der Waals surface area (Å²) in [5, 5.41) is 2.39. The van der Waals surface area contributed by atoms with Crippen LogP contribution in [0.2, 0.25) is 5.02 Å². The SMILES string of the molecule is CC(=O)c1ccc(-c2ccc(/C=C3/SC(=O)N(CC(=O)Nc4ccccc4Cl)C3=O)o2)cc1. The molecule has 4 rings (SSSR count). The van der Waals surface area contributed by atoms with Crippen LogP contribution in [0.1, 0.15) is 23.0 Å². The summed E-state index contributed by atoms with van der Waals surface area (Å²) in [6, 6.07) is 17.0. The lowest BCUT2D eigenvalue weighted by Crippen LogP contribution is -2.36. The maximum atomic E-state index is 12.7. The molecule has 0 saturated carbocycles. The summed E-state index contributed by atoms with van der Waals surface area (Å²) in [4.78, 5) is 49.8. The molecule has 166 valence electrons. The van der Waals surface area contributed by atoms with Gasteiger partial charge >= 0.3 is 0 Å². The highest BCUT2D eigenvalue weighted by Gasteiger charge is 2.36. The minimum Gasteiger partial charge on any atom is -0.457 e. The molecule has 2 aromatic carbocycles. The van der Waals surface area contributed by atoms with E-state index in [1.807, 2.05) is 0 Å². The number of rotatable bonds is 6. The standard InChI is InChI=1S/C24H17ClN2O5S/c1-14(28)15-6-8-16(9-7-15)20-11-10-17(32-20)12-21-23(30)27(24(31)33-21)13-22(29)26-19-5-3-2-4-18(19)25/h2-12H,13H2,1H3,(H,26,29)/b21-12+. The van der Waals surface area contributed by atoms with Crippen LogP contribution < -0.4 is 5.32 Å². The van der Waals surface area contributed by atoms with Crippen molar-refractivity contribution in [2.45, 2.75) is 6.92 Å². The molecule has 3 aromatic rings.